The summed E-state index contributed by atoms with van der Waals surface area (Å²) in [6, 6.07) is 4.14. The van der Waals surface area contributed by atoms with Crippen molar-refractivity contribution in [2.75, 3.05) is 18.4 Å². The molecule has 0 saturated carbocycles. The lowest BCUT2D eigenvalue weighted by Gasteiger charge is -2.25. The molecule has 98 valence electrons. The zero-order valence-corrected chi connectivity index (χ0v) is 10.0. The van der Waals surface area contributed by atoms with Gasteiger partial charge in [0, 0.05) is 18.8 Å². The molecule has 1 aliphatic heterocycles. The summed E-state index contributed by atoms with van der Waals surface area (Å²) >= 11 is 5.76. The van der Waals surface area contributed by atoms with Gasteiger partial charge in [-0.1, -0.05) is 11.6 Å². The number of anilines is 1. The molecule has 1 aromatic rings. The number of halogens is 3. The van der Waals surface area contributed by atoms with Gasteiger partial charge >= 0.3 is 6.61 Å². The van der Waals surface area contributed by atoms with E-state index >= 15 is 0 Å². The molecule has 0 radical (unpaired) electrons. The van der Waals surface area contributed by atoms with Gasteiger partial charge < -0.3 is 15.4 Å². The molecule has 0 aliphatic carbocycles. The van der Waals surface area contributed by atoms with E-state index in [0.29, 0.717) is 18.8 Å². The van der Waals surface area contributed by atoms with Crippen molar-refractivity contribution in [2.45, 2.75) is 6.61 Å². The van der Waals surface area contributed by atoms with Gasteiger partial charge in [0.05, 0.1) is 10.9 Å². The summed E-state index contributed by atoms with van der Waals surface area (Å²) in [7, 11) is 0. The number of alkyl halides is 2. The van der Waals surface area contributed by atoms with Crippen molar-refractivity contribution in [2.24, 2.45) is 5.92 Å². The van der Waals surface area contributed by atoms with Crippen LogP contribution in [0.4, 0.5) is 14.5 Å². The third-order valence-electron chi connectivity index (χ3n) is 2.57. The van der Waals surface area contributed by atoms with Crippen molar-refractivity contribution in [1.82, 2.24) is 5.32 Å². The number of hydrogen-bond acceptors (Lipinski definition) is 3. The van der Waals surface area contributed by atoms with Gasteiger partial charge in [0.1, 0.15) is 5.75 Å². The number of ether oxygens (including phenoxy) is 1. The monoisotopic (exact) mass is 276 g/mol. The van der Waals surface area contributed by atoms with Crippen LogP contribution in [0.1, 0.15) is 0 Å². The molecule has 0 spiro atoms. The summed E-state index contributed by atoms with van der Waals surface area (Å²) in [5.74, 6) is -0.289. The molecule has 0 atom stereocenters. The zero-order valence-electron chi connectivity index (χ0n) is 9.25. The number of benzene rings is 1. The third-order valence-corrected chi connectivity index (χ3v) is 2.86. The van der Waals surface area contributed by atoms with Crippen molar-refractivity contribution < 1.29 is 18.3 Å². The Balaban J connectivity index is 2.01. The lowest BCUT2D eigenvalue weighted by atomic mass is 10.0. The molecular weight excluding hydrogens is 266 g/mol. The maximum absolute atomic E-state index is 12.0. The van der Waals surface area contributed by atoms with Crippen molar-refractivity contribution in [3.63, 3.8) is 0 Å². The lowest BCUT2D eigenvalue weighted by molar-refractivity contribution is -0.121. The van der Waals surface area contributed by atoms with E-state index in [0.717, 1.165) is 0 Å². The third kappa shape index (κ3) is 3.08. The highest BCUT2D eigenvalue weighted by Gasteiger charge is 2.24. The van der Waals surface area contributed by atoms with E-state index in [-0.39, 0.29) is 22.6 Å². The Hall–Kier alpha value is -1.40. The molecule has 1 aliphatic rings. The first-order chi connectivity index (χ1) is 8.56. The molecule has 18 heavy (non-hydrogen) atoms. The fraction of sp³-hybridized carbons (Fsp3) is 0.364. The SMILES string of the molecule is O=C(Nc1ccc(OC(F)F)c(Cl)c1)C1CNC1. The molecule has 1 aromatic carbocycles. The molecule has 0 unspecified atom stereocenters. The van der Waals surface area contributed by atoms with E-state index in [1.807, 2.05) is 0 Å². The Morgan fingerprint density at radius 1 is 1.50 bits per heavy atom. The summed E-state index contributed by atoms with van der Waals surface area (Å²) < 4.78 is 28.2. The van der Waals surface area contributed by atoms with Crippen molar-refractivity contribution in [3.8, 4) is 5.75 Å². The molecule has 1 amide bonds. The van der Waals surface area contributed by atoms with Gasteiger partial charge in [-0.15, -0.1) is 0 Å². The van der Waals surface area contributed by atoms with Crippen LogP contribution in [0.5, 0.6) is 5.75 Å². The lowest BCUT2D eigenvalue weighted by Crippen LogP contribution is -2.48. The van der Waals surface area contributed by atoms with Crippen LogP contribution in [-0.4, -0.2) is 25.6 Å². The van der Waals surface area contributed by atoms with Crippen LogP contribution in [0.3, 0.4) is 0 Å². The molecule has 2 N–H and O–H groups in total. The molecule has 0 aromatic heterocycles. The van der Waals surface area contributed by atoms with Gasteiger partial charge in [0.25, 0.3) is 0 Å². The average molecular weight is 277 g/mol. The summed E-state index contributed by atoms with van der Waals surface area (Å²) in [6.45, 7) is -1.64. The maximum atomic E-state index is 12.0. The normalized spacial score (nSPS) is 15.3. The number of rotatable bonds is 4. The summed E-state index contributed by atoms with van der Waals surface area (Å²) in [6.07, 6.45) is 0. The second-order valence-corrected chi connectivity index (χ2v) is 4.28. The van der Waals surface area contributed by atoms with Gasteiger partial charge in [0.15, 0.2) is 0 Å². The Labute approximate surface area is 107 Å². The van der Waals surface area contributed by atoms with E-state index in [2.05, 4.69) is 15.4 Å². The minimum atomic E-state index is -2.93. The average Bonchev–Trinajstić information content (AvgIpc) is 2.18. The zero-order chi connectivity index (χ0) is 13.1. The molecular formula is C11H11ClF2N2O2. The summed E-state index contributed by atoms with van der Waals surface area (Å²) in [4.78, 5) is 11.6. The quantitative estimate of drug-likeness (QED) is 0.885. The largest absolute Gasteiger partial charge is 0.433 e. The number of hydrogen-bond donors (Lipinski definition) is 2. The smallest absolute Gasteiger partial charge is 0.387 e. The molecule has 2 rings (SSSR count). The maximum Gasteiger partial charge on any atom is 0.387 e. The van der Waals surface area contributed by atoms with Crippen molar-refractivity contribution in [1.29, 1.82) is 0 Å². The second-order valence-electron chi connectivity index (χ2n) is 3.87. The highest BCUT2D eigenvalue weighted by atomic mass is 35.5. The van der Waals surface area contributed by atoms with Crippen molar-refractivity contribution in [3.05, 3.63) is 23.2 Å². The topological polar surface area (TPSA) is 50.4 Å². The van der Waals surface area contributed by atoms with Crippen molar-refractivity contribution >= 4 is 23.2 Å². The molecule has 7 heteroatoms. The fourth-order valence-corrected chi connectivity index (χ4v) is 1.71. The van der Waals surface area contributed by atoms with Crippen LogP contribution in [-0.2, 0) is 4.79 Å². The van der Waals surface area contributed by atoms with Gasteiger partial charge in [-0.2, -0.15) is 8.78 Å². The van der Waals surface area contributed by atoms with Crippen LogP contribution in [0, 0.1) is 5.92 Å². The van der Waals surface area contributed by atoms with Gasteiger partial charge in [-0.25, -0.2) is 0 Å². The highest BCUT2D eigenvalue weighted by Crippen LogP contribution is 2.29. The Morgan fingerprint density at radius 3 is 2.72 bits per heavy atom. The summed E-state index contributed by atoms with van der Waals surface area (Å²) in [5, 5.41) is 5.67. The first-order valence-corrected chi connectivity index (χ1v) is 5.70. The minimum absolute atomic E-state index is 0.0276. The Bertz CT molecular complexity index is 453. The van der Waals surface area contributed by atoms with Crippen LogP contribution in [0.15, 0.2) is 18.2 Å². The predicted octanol–water partition coefficient (Wildman–Crippen LogP) is 2.10. The van der Waals surface area contributed by atoms with E-state index in [9.17, 15) is 13.6 Å². The number of carbonyl (C=O) groups excluding carboxylic acids is 1. The predicted molar refractivity (Wildman–Crippen MR) is 63.1 cm³/mol. The van der Waals surface area contributed by atoms with Gasteiger partial charge in [-0.05, 0) is 18.2 Å². The fourth-order valence-electron chi connectivity index (χ4n) is 1.49. The van der Waals surface area contributed by atoms with E-state index in [1.54, 1.807) is 0 Å². The molecule has 0 bridgehead atoms. The number of nitrogens with one attached hydrogen (secondary N) is 2. The number of amides is 1. The van der Waals surface area contributed by atoms with Crippen LogP contribution in [0.2, 0.25) is 5.02 Å². The first-order valence-electron chi connectivity index (χ1n) is 5.32. The molecule has 1 fully saturated rings. The van der Waals surface area contributed by atoms with Crippen LogP contribution >= 0.6 is 11.6 Å². The van der Waals surface area contributed by atoms with Gasteiger partial charge in [-0.3, -0.25) is 4.79 Å². The van der Waals surface area contributed by atoms with E-state index < -0.39 is 6.61 Å². The molecule has 1 heterocycles. The first kappa shape index (κ1) is 13.0. The van der Waals surface area contributed by atoms with Gasteiger partial charge in [0.2, 0.25) is 5.91 Å². The highest BCUT2D eigenvalue weighted by molar-refractivity contribution is 6.32. The number of carbonyl (C=O) groups is 1. The minimum Gasteiger partial charge on any atom is -0.433 e. The van der Waals surface area contributed by atoms with Crippen LogP contribution in [0.25, 0.3) is 0 Å². The second kappa shape index (κ2) is 5.49. The standard InChI is InChI=1S/C11H11ClF2N2O2/c12-8-3-7(1-2-9(8)18-11(13)14)16-10(17)6-4-15-5-6/h1-3,6,11,15H,4-5H2,(H,16,17). The Kier molecular flexibility index (Phi) is 3.98. The summed E-state index contributed by atoms with van der Waals surface area (Å²) in [5.41, 5.74) is 0.457. The van der Waals surface area contributed by atoms with Crippen LogP contribution < -0.4 is 15.4 Å². The van der Waals surface area contributed by atoms with E-state index in [4.69, 9.17) is 11.6 Å². The molecule has 1 saturated heterocycles. The van der Waals surface area contributed by atoms with E-state index in [1.165, 1.54) is 18.2 Å². The Morgan fingerprint density at radius 2 is 2.22 bits per heavy atom. The molecule has 4 nitrogen and oxygen atoms in total.